The smallest absolute Gasteiger partial charge is 0.274 e. The number of rotatable bonds is 4. The Bertz CT molecular complexity index is 473. The fourth-order valence-electron chi connectivity index (χ4n) is 1.99. The van der Waals surface area contributed by atoms with Crippen molar-refractivity contribution in [3.8, 4) is 0 Å². The van der Waals surface area contributed by atoms with Gasteiger partial charge in [0, 0.05) is 24.7 Å². The molecule has 0 radical (unpaired) electrons. The molecule has 0 fully saturated rings. The molecular formula is C10H15N3O2S. The highest BCUT2D eigenvalue weighted by molar-refractivity contribution is 7.87. The quantitative estimate of drug-likeness (QED) is 0.712. The normalized spacial score (nSPS) is 19.2. The number of hydrogen-bond donors (Lipinski definition) is 3. The van der Waals surface area contributed by atoms with Crippen LogP contribution in [0.3, 0.4) is 0 Å². The molecule has 1 unspecified atom stereocenters. The highest BCUT2D eigenvalue weighted by atomic mass is 32.2. The van der Waals surface area contributed by atoms with Crippen LogP contribution >= 0.6 is 0 Å². The van der Waals surface area contributed by atoms with Crippen molar-refractivity contribution in [1.29, 1.82) is 0 Å². The van der Waals surface area contributed by atoms with Crippen molar-refractivity contribution in [1.82, 2.24) is 4.72 Å². The van der Waals surface area contributed by atoms with E-state index in [1.165, 1.54) is 5.56 Å². The molecule has 1 aliphatic heterocycles. The molecule has 0 aliphatic carbocycles. The minimum atomic E-state index is -3.56. The van der Waals surface area contributed by atoms with Gasteiger partial charge in [-0.3, -0.25) is 0 Å². The minimum absolute atomic E-state index is 0.352. The van der Waals surface area contributed by atoms with Crippen molar-refractivity contribution in [3.63, 3.8) is 0 Å². The van der Waals surface area contributed by atoms with E-state index in [0.29, 0.717) is 12.5 Å². The molecule has 88 valence electrons. The third kappa shape index (κ3) is 2.72. The lowest BCUT2D eigenvalue weighted by atomic mass is 9.98. The fraction of sp³-hybridized carbons (Fsp3) is 0.400. The molecule has 1 aliphatic rings. The topological polar surface area (TPSA) is 84.2 Å². The first-order valence-corrected chi connectivity index (χ1v) is 6.71. The largest absolute Gasteiger partial charge is 0.384 e. The van der Waals surface area contributed by atoms with Gasteiger partial charge >= 0.3 is 0 Å². The summed E-state index contributed by atoms with van der Waals surface area (Å²) in [5, 5.41) is 8.15. The molecule has 0 saturated carbocycles. The molecule has 0 saturated heterocycles. The number of benzene rings is 1. The van der Waals surface area contributed by atoms with Crippen LogP contribution < -0.4 is 15.2 Å². The van der Waals surface area contributed by atoms with Crippen LogP contribution in [0.15, 0.2) is 24.3 Å². The molecule has 2 rings (SSSR count). The van der Waals surface area contributed by atoms with Crippen LogP contribution in [-0.4, -0.2) is 21.5 Å². The van der Waals surface area contributed by atoms with Crippen LogP contribution in [0, 0.1) is 0 Å². The number of nitrogens with one attached hydrogen (secondary N) is 2. The zero-order chi connectivity index (χ0) is 11.6. The van der Waals surface area contributed by atoms with Crippen LogP contribution in [0.5, 0.6) is 0 Å². The van der Waals surface area contributed by atoms with Crippen LogP contribution in [0.4, 0.5) is 5.69 Å². The van der Waals surface area contributed by atoms with Gasteiger partial charge in [-0.15, -0.1) is 0 Å². The third-order valence-corrected chi connectivity index (χ3v) is 3.34. The lowest BCUT2D eigenvalue weighted by Gasteiger charge is -2.09. The summed E-state index contributed by atoms with van der Waals surface area (Å²) in [6, 6.07) is 8.07. The predicted molar refractivity (Wildman–Crippen MR) is 63.4 cm³/mol. The lowest BCUT2D eigenvalue weighted by molar-refractivity contribution is 0.574. The summed E-state index contributed by atoms with van der Waals surface area (Å²) < 4.78 is 23.7. The van der Waals surface area contributed by atoms with Crippen molar-refractivity contribution in [3.05, 3.63) is 29.8 Å². The Hall–Kier alpha value is -1.11. The van der Waals surface area contributed by atoms with Gasteiger partial charge in [0.2, 0.25) is 0 Å². The van der Waals surface area contributed by atoms with Crippen molar-refractivity contribution in [2.24, 2.45) is 5.14 Å². The number of hydrogen-bond acceptors (Lipinski definition) is 3. The molecule has 4 N–H and O–H groups in total. The molecule has 0 spiro atoms. The molecule has 1 atom stereocenters. The van der Waals surface area contributed by atoms with Gasteiger partial charge in [-0.25, -0.2) is 9.86 Å². The Morgan fingerprint density at radius 2 is 2.19 bits per heavy atom. The Kier molecular flexibility index (Phi) is 3.13. The first-order chi connectivity index (χ1) is 7.56. The van der Waals surface area contributed by atoms with E-state index >= 15 is 0 Å². The van der Waals surface area contributed by atoms with Crippen molar-refractivity contribution >= 4 is 15.9 Å². The number of nitrogens with two attached hydrogens (primary N) is 1. The summed E-state index contributed by atoms with van der Waals surface area (Å²) >= 11 is 0. The van der Waals surface area contributed by atoms with Gasteiger partial charge in [-0.2, -0.15) is 8.42 Å². The number of para-hydroxylation sites is 1. The zero-order valence-corrected chi connectivity index (χ0v) is 9.63. The molecule has 5 nitrogen and oxygen atoms in total. The first-order valence-electron chi connectivity index (χ1n) is 5.16. The first kappa shape index (κ1) is 11.4. The second-order valence-electron chi connectivity index (χ2n) is 3.89. The van der Waals surface area contributed by atoms with Crippen LogP contribution in [0.2, 0.25) is 0 Å². The maximum Gasteiger partial charge on any atom is 0.274 e. The molecule has 16 heavy (non-hydrogen) atoms. The average Bonchev–Trinajstić information content (AvgIpc) is 2.60. The Labute approximate surface area is 95.2 Å². The zero-order valence-electron chi connectivity index (χ0n) is 8.81. The summed E-state index contributed by atoms with van der Waals surface area (Å²) in [6.45, 7) is 1.23. The van der Waals surface area contributed by atoms with E-state index in [-0.39, 0.29) is 0 Å². The summed E-state index contributed by atoms with van der Waals surface area (Å²) in [5.41, 5.74) is 2.39. The Morgan fingerprint density at radius 3 is 2.94 bits per heavy atom. The summed E-state index contributed by atoms with van der Waals surface area (Å²) in [6.07, 6.45) is 0.750. The number of fused-ring (bicyclic) bond motifs is 1. The highest BCUT2D eigenvalue weighted by Crippen LogP contribution is 2.32. The van der Waals surface area contributed by atoms with Crippen molar-refractivity contribution < 1.29 is 8.42 Å². The van der Waals surface area contributed by atoms with Crippen molar-refractivity contribution in [2.45, 2.75) is 12.3 Å². The number of anilines is 1. The summed E-state index contributed by atoms with van der Waals surface area (Å²) in [5.74, 6) is 0.352. The van der Waals surface area contributed by atoms with Gasteiger partial charge < -0.3 is 5.32 Å². The van der Waals surface area contributed by atoms with E-state index in [1.807, 2.05) is 18.2 Å². The van der Waals surface area contributed by atoms with E-state index < -0.39 is 10.2 Å². The SMILES string of the molecule is NS(=O)(=O)NCCC1CNc2ccccc21. The highest BCUT2D eigenvalue weighted by Gasteiger charge is 2.21. The van der Waals surface area contributed by atoms with Gasteiger partial charge in [-0.05, 0) is 18.1 Å². The fourth-order valence-corrected chi connectivity index (χ4v) is 2.39. The van der Waals surface area contributed by atoms with Crippen LogP contribution in [-0.2, 0) is 10.2 Å². The van der Waals surface area contributed by atoms with Crippen molar-refractivity contribution in [2.75, 3.05) is 18.4 Å². The molecule has 6 heteroatoms. The Morgan fingerprint density at radius 1 is 1.44 bits per heavy atom. The second-order valence-corrected chi connectivity index (χ2v) is 5.27. The summed E-state index contributed by atoms with van der Waals surface area (Å²) in [4.78, 5) is 0. The maximum absolute atomic E-state index is 10.7. The van der Waals surface area contributed by atoms with E-state index in [4.69, 9.17) is 5.14 Å². The average molecular weight is 241 g/mol. The monoisotopic (exact) mass is 241 g/mol. The van der Waals surface area contributed by atoms with Gasteiger partial charge in [0.05, 0.1) is 0 Å². The molecule has 0 aromatic heterocycles. The van der Waals surface area contributed by atoms with Gasteiger partial charge in [0.1, 0.15) is 0 Å². The minimum Gasteiger partial charge on any atom is -0.384 e. The van der Waals surface area contributed by atoms with Crippen LogP contribution in [0.1, 0.15) is 17.9 Å². The van der Waals surface area contributed by atoms with Gasteiger partial charge in [0.15, 0.2) is 0 Å². The predicted octanol–water partition coefficient (Wildman–Crippen LogP) is 0.379. The van der Waals surface area contributed by atoms with Crippen LogP contribution in [0.25, 0.3) is 0 Å². The van der Waals surface area contributed by atoms with E-state index in [1.54, 1.807) is 0 Å². The van der Waals surface area contributed by atoms with Gasteiger partial charge in [0.25, 0.3) is 10.2 Å². The lowest BCUT2D eigenvalue weighted by Crippen LogP contribution is -2.32. The molecular weight excluding hydrogens is 226 g/mol. The Balaban J connectivity index is 1.94. The standard InChI is InChI=1S/C10H15N3O2S/c11-16(14,15)13-6-5-8-7-12-10-4-2-1-3-9(8)10/h1-4,8,12-13H,5-7H2,(H2,11,14,15). The van der Waals surface area contributed by atoms with E-state index in [2.05, 4.69) is 16.1 Å². The van der Waals surface area contributed by atoms with E-state index in [9.17, 15) is 8.42 Å². The summed E-state index contributed by atoms with van der Waals surface area (Å²) in [7, 11) is -3.56. The molecule has 0 amide bonds. The maximum atomic E-state index is 10.7. The molecule has 1 aromatic carbocycles. The molecule has 1 aromatic rings. The molecule has 1 heterocycles. The second kappa shape index (κ2) is 4.40. The molecule has 0 bridgehead atoms. The third-order valence-electron chi connectivity index (χ3n) is 2.74. The van der Waals surface area contributed by atoms with E-state index in [0.717, 1.165) is 18.7 Å². The van der Waals surface area contributed by atoms with Gasteiger partial charge in [-0.1, -0.05) is 18.2 Å².